The molecule has 0 aliphatic carbocycles. The van der Waals surface area contributed by atoms with Crippen LogP contribution < -0.4 is 0 Å². The molecule has 110 valence electrons. The maximum Gasteiger partial charge on any atom is 0.255 e. The number of benzene rings is 2. The predicted octanol–water partition coefficient (Wildman–Crippen LogP) is 4.53. The highest BCUT2D eigenvalue weighted by Gasteiger charge is 2.18. The molecular weight excluding hydrogens is 289 g/mol. The van der Waals surface area contributed by atoms with E-state index in [1.165, 1.54) is 18.2 Å². The topological polar surface area (TPSA) is 20.3 Å². The fraction of sp³-hybridized carbons (Fsp3) is 0.235. The third-order valence-electron chi connectivity index (χ3n) is 3.16. The lowest BCUT2D eigenvalue weighted by Crippen LogP contribution is -2.31. The fourth-order valence-corrected chi connectivity index (χ4v) is 2.41. The maximum absolute atomic E-state index is 13.1. The van der Waals surface area contributed by atoms with Gasteiger partial charge in [-0.15, -0.1) is 0 Å². The van der Waals surface area contributed by atoms with E-state index in [9.17, 15) is 9.18 Å². The molecule has 4 heteroatoms. The summed E-state index contributed by atoms with van der Waals surface area (Å²) in [5.74, 6) is -0.618. The molecule has 0 aliphatic heterocycles. The molecule has 0 aliphatic rings. The molecule has 0 fully saturated rings. The molecule has 2 rings (SSSR count). The summed E-state index contributed by atoms with van der Waals surface area (Å²) in [6, 6.07) is 13.6. The Morgan fingerprint density at radius 2 is 1.90 bits per heavy atom. The van der Waals surface area contributed by atoms with E-state index in [1.54, 1.807) is 4.90 Å². The molecule has 0 radical (unpaired) electrons. The summed E-state index contributed by atoms with van der Waals surface area (Å²) in [5, 5.41) is 0.147. The minimum atomic E-state index is -0.443. The Morgan fingerprint density at radius 3 is 2.52 bits per heavy atom. The molecule has 2 aromatic carbocycles. The summed E-state index contributed by atoms with van der Waals surface area (Å²) in [6.07, 6.45) is 0.845. The highest BCUT2D eigenvalue weighted by atomic mass is 35.5. The van der Waals surface area contributed by atoms with Gasteiger partial charge in [0.05, 0.1) is 10.6 Å². The molecule has 0 bridgehead atoms. The number of hydrogen-bond acceptors (Lipinski definition) is 1. The zero-order valence-corrected chi connectivity index (χ0v) is 12.6. The molecule has 0 aromatic heterocycles. The van der Waals surface area contributed by atoms with E-state index < -0.39 is 5.82 Å². The van der Waals surface area contributed by atoms with Crippen LogP contribution in [0.2, 0.25) is 5.02 Å². The summed E-state index contributed by atoms with van der Waals surface area (Å²) in [5.41, 5.74) is 1.39. The van der Waals surface area contributed by atoms with Gasteiger partial charge in [-0.3, -0.25) is 4.79 Å². The van der Waals surface area contributed by atoms with Crippen molar-refractivity contribution in [1.29, 1.82) is 0 Å². The first-order valence-electron chi connectivity index (χ1n) is 6.90. The Hall–Kier alpha value is -1.87. The lowest BCUT2D eigenvalue weighted by molar-refractivity contribution is 0.0743. The van der Waals surface area contributed by atoms with E-state index in [0.717, 1.165) is 12.0 Å². The van der Waals surface area contributed by atoms with Crippen molar-refractivity contribution < 1.29 is 9.18 Å². The third kappa shape index (κ3) is 4.05. The van der Waals surface area contributed by atoms with E-state index in [2.05, 4.69) is 0 Å². The van der Waals surface area contributed by atoms with Crippen LogP contribution in [0.5, 0.6) is 0 Å². The predicted molar refractivity (Wildman–Crippen MR) is 82.9 cm³/mol. The van der Waals surface area contributed by atoms with Gasteiger partial charge in [-0.2, -0.15) is 0 Å². The van der Waals surface area contributed by atoms with Gasteiger partial charge in [0.2, 0.25) is 0 Å². The van der Waals surface area contributed by atoms with Crippen LogP contribution in [0.25, 0.3) is 0 Å². The zero-order valence-electron chi connectivity index (χ0n) is 11.9. The van der Waals surface area contributed by atoms with Gasteiger partial charge in [-0.25, -0.2) is 4.39 Å². The fourth-order valence-electron chi connectivity index (χ4n) is 2.16. The van der Waals surface area contributed by atoms with Crippen molar-refractivity contribution in [2.45, 2.75) is 19.9 Å². The molecule has 0 unspecified atom stereocenters. The van der Waals surface area contributed by atoms with Gasteiger partial charge in [0.15, 0.2) is 0 Å². The number of nitrogens with zero attached hydrogens (tertiary/aromatic N) is 1. The average molecular weight is 306 g/mol. The van der Waals surface area contributed by atoms with Crippen molar-refractivity contribution >= 4 is 17.5 Å². The average Bonchev–Trinajstić information content (AvgIpc) is 2.47. The summed E-state index contributed by atoms with van der Waals surface area (Å²) in [7, 11) is 0. The Labute approximate surface area is 129 Å². The Morgan fingerprint density at radius 1 is 1.19 bits per heavy atom. The third-order valence-corrected chi connectivity index (χ3v) is 3.47. The molecular formula is C17H17ClFNO. The number of rotatable bonds is 5. The van der Waals surface area contributed by atoms with Crippen molar-refractivity contribution in [3.63, 3.8) is 0 Å². The molecule has 0 atom stereocenters. The van der Waals surface area contributed by atoms with Crippen LogP contribution in [0.15, 0.2) is 48.5 Å². The lowest BCUT2D eigenvalue weighted by atomic mass is 10.1. The molecule has 0 N–H and O–H groups in total. The van der Waals surface area contributed by atoms with Crippen molar-refractivity contribution in [2.24, 2.45) is 0 Å². The van der Waals surface area contributed by atoms with Gasteiger partial charge in [-0.05, 0) is 30.2 Å². The number of amides is 1. The van der Waals surface area contributed by atoms with E-state index in [-0.39, 0.29) is 10.9 Å². The first-order chi connectivity index (χ1) is 10.1. The summed E-state index contributed by atoms with van der Waals surface area (Å²) in [6.45, 7) is 3.15. The second kappa shape index (κ2) is 7.23. The Balaban J connectivity index is 2.23. The van der Waals surface area contributed by atoms with Crippen molar-refractivity contribution in [3.05, 3.63) is 70.5 Å². The van der Waals surface area contributed by atoms with Crippen LogP contribution in [-0.2, 0) is 6.54 Å². The lowest BCUT2D eigenvalue weighted by Gasteiger charge is -2.23. The molecule has 0 saturated heterocycles. The first kappa shape index (κ1) is 15.5. The van der Waals surface area contributed by atoms with Gasteiger partial charge >= 0.3 is 0 Å². The van der Waals surface area contributed by atoms with Crippen LogP contribution >= 0.6 is 11.6 Å². The number of halogens is 2. The van der Waals surface area contributed by atoms with Gasteiger partial charge in [0.25, 0.3) is 5.91 Å². The standard InChI is InChI=1S/C17H17ClFNO/c1-2-10-20(12-13-6-4-3-5-7-13)17(21)15-9-8-14(19)11-16(15)18/h3-9,11H,2,10,12H2,1H3. The molecule has 1 amide bonds. The maximum atomic E-state index is 13.1. The van der Waals surface area contributed by atoms with Crippen molar-refractivity contribution in [3.8, 4) is 0 Å². The second-order valence-corrected chi connectivity index (χ2v) is 5.24. The highest BCUT2D eigenvalue weighted by molar-refractivity contribution is 6.33. The minimum Gasteiger partial charge on any atom is -0.334 e. The zero-order chi connectivity index (χ0) is 15.2. The highest BCUT2D eigenvalue weighted by Crippen LogP contribution is 2.20. The quantitative estimate of drug-likeness (QED) is 0.794. The van der Waals surface area contributed by atoms with E-state index >= 15 is 0 Å². The van der Waals surface area contributed by atoms with Gasteiger partial charge < -0.3 is 4.90 Å². The molecule has 0 spiro atoms. The normalized spacial score (nSPS) is 10.4. The summed E-state index contributed by atoms with van der Waals surface area (Å²) < 4.78 is 13.1. The molecule has 0 heterocycles. The van der Waals surface area contributed by atoms with Crippen LogP contribution in [0.4, 0.5) is 4.39 Å². The SMILES string of the molecule is CCCN(Cc1ccccc1)C(=O)c1ccc(F)cc1Cl. The summed E-state index contributed by atoms with van der Waals surface area (Å²) >= 11 is 5.98. The van der Waals surface area contributed by atoms with Gasteiger partial charge in [0, 0.05) is 13.1 Å². The Bertz CT molecular complexity index is 615. The Kier molecular flexibility index (Phi) is 5.34. The van der Waals surface area contributed by atoms with E-state index in [4.69, 9.17) is 11.6 Å². The van der Waals surface area contributed by atoms with E-state index in [1.807, 2.05) is 37.3 Å². The van der Waals surface area contributed by atoms with Gasteiger partial charge in [-0.1, -0.05) is 48.9 Å². The number of carbonyl (C=O) groups excluding carboxylic acids is 1. The number of carbonyl (C=O) groups is 1. The molecule has 2 nitrogen and oxygen atoms in total. The largest absolute Gasteiger partial charge is 0.334 e. The molecule has 0 saturated carbocycles. The number of hydrogen-bond donors (Lipinski definition) is 0. The van der Waals surface area contributed by atoms with Crippen LogP contribution in [-0.4, -0.2) is 17.4 Å². The monoisotopic (exact) mass is 305 g/mol. The van der Waals surface area contributed by atoms with Crippen molar-refractivity contribution in [1.82, 2.24) is 4.90 Å². The summed E-state index contributed by atoms with van der Waals surface area (Å²) in [4.78, 5) is 14.3. The van der Waals surface area contributed by atoms with Crippen LogP contribution in [0.1, 0.15) is 29.3 Å². The van der Waals surface area contributed by atoms with Crippen molar-refractivity contribution in [2.75, 3.05) is 6.54 Å². The second-order valence-electron chi connectivity index (χ2n) is 4.84. The smallest absolute Gasteiger partial charge is 0.255 e. The molecule has 21 heavy (non-hydrogen) atoms. The van der Waals surface area contributed by atoms with Crippen LogP contribution in [0.3, 0.4) is 0 Å². The van der Waals surface area contributed by atoms with Crippen LogP contribution in [0, 0.1) is 5.82 Å². The minimum absolute atomic E-state index is 0.147. The first-order valence-corrected chi connectivity index (χ1v) is 7.28. The van der Waals surface area contributed by atoms with E-state index in [0.29, 0.717) is 18.7 Å². The van der Waals surface area contributed by atoms with Gasteiger partial charge in [0.1, 0.15) is 5.82 Å². The molecule has 2 aromatic rings.